The third-order valence-corrected chi connectivity index (χ3v) is 4.78. The van der Waals surface area contributed by atoms with Crippen molar-refractivity contribution in [3.63, 3.8) is 0 Å². The molecule has 1 aromatic carbocycles. The van der Waals surface area contributed by atoms with Gasteiger partial charge in [-0.1, -0.05) is 23.8 Å². The fraction of sp³-hybridized carbons (Fsp3) is 0.474. The second-order valence-corrected chi connectivity index (χ2v) is 6.44. The lowest BCUT2D eigenvalue weighted by Crippen LogP contribution is -2.37. The van der Waals surface area contributed by atoms with Crippen LogP contribution in [0.3, 0.4) is 0 Å². The van der Waals surface area contributed by atoms with E-state index >= 15 is 0 Å². The number of carbonyl (C=O) groups excluding carboxylic acids is 2. The van der Waals surface area contributed by atoms with Crippen molar-refractivity contribution in [2.24, 2.45) is 0 Å². The summed E-state index contributed by atoms with van der Waals surface area (Å²) in [6.07, 6.45) is 3.36. The summed E-state index contributed by atoms with van der Waals surface area (Å²) in [5.41, 5.74) is 4.31. The van der Waals surface area contributed by atoms with Crippen LogP contribution in [0.1, 0.15) is 42.9 Å². The number of nitrogens with zero attached hydrogens (tertiary/aromatic N) is 2. The van der Waals surface area contributed by atoms with Crippen LogP contribution < -0.4 is 0 Å². The van der Waals surface area contributed by atoms with Gasteiger partial charge in [0, 0.05) is 19.6 Å². The zero-order valence-electron chi connectivity index (χ0n) is 14.2. The fourth-order valence-electron chi connectivity index (χ4n) is 3.60. The molecule has 3 rings (SSSR count). The number of aryl methyl sites for hydroxylation is 2. The van der Waals surface area contributed by atoms with Crippen molar-refractivity contribution in [1.82, 2.24) is 9.80 Å². The Kier molecular flexibility index (Phi) is 4.24. The number of hydrogen-bond donors (Lipinski definition) is 0. The van der Waals surface area contributed by atoms with E-state index in [1.807, 2.05) is 32.9 Å². The summed E-state index contributed by atoms with van der Waals surface area (Å²) in [7, 11) is 0. The Hall–Kier alpha value is -2.10. The molecule has 0 aromatic heterocycles. The molecule has 0 radical (unpaired) electrons. The Bertz CT molecular complexity index is 685. The van der Waals surface area contributed by atoms with Crippen molar-refractivity contribution in [3.8, 4) is 0 Å². The van der Waals surface area contributed by atoms with Crippen LogP contribution in [0.15, 0.2) is 23.9 Å². The van der Waals surface area contributed by atoms with E-state index in [4.69, 9.17) is 0 Å². The number of likely N-dealkylation sites (tertiary alicyclic amines) is 1. The van der Waals surface area contributed by atoms with Gasteiger partial charge in [-0.2, -0.15) is 0 Å². The molecule has 4 nitrogen and oxygen atoms in total. The van der Waals surface area contributed by atoms with Crippen molar-refractivity contribution < 1.29 is 9.59 Å². The van der Waals surface area contributed by atoms with Crippen LogP contribution in [0.2, 0.25) is 0 Å². The van der Waals surface area contributed by atoms with E-state index in [0.29, 0.717) is 17.8 Å². The van der Waals surface area contributed by atoms with E-state index in [1.54, 1.807) is 0 Å². The maximum absolute atomic E-state index is 12.9. The second kappa shape index (κ2) is 6.19. The quantitative estimate of drug-likeness (QED) is 0.806. The molecular formula is C19H24N2O2. The van der Waals surface area contributed by atoms with E-state index in [-0.39, 0.29) is 11.8 Å². The smallest absolute Gasteiger partial charge is 0.277 e. The topological polar surface area (TPSA) is 40.6 Å². The summed E-state index contributed by atoms with van der Waals surface area (Å²) in [5, 5.41) is 0. The standard InChI is InChI=1S/C19H24N2O2/c1-4-21-18(22)16(15-9-8-13(2)12-14(15)3)17(19(21)23)20-10-6-5-7-11-20/h8-9,12H,4-7,10-11H2,1-3H3. The number of imide groups is 1. The summed E-state index contributed by atoms with van der Waals surface area (Å²) in [6.45, 7) is 8.05. The van der Waals surface area contributed by atoms with Crippen LogP contribution >= 0.6 is 0 Å². The summed E-state index contributed by atoms with van der Waals surface area (Å²) >= 11 is 0. The molecule has 1 aromatic rings. The number of piperidine rings is 1. The van der Waals surface area contributed by atoms with Gasteiger partial charge in [0.25, 0.3) is 11.8 Å². The molecule has 2 heterocycles. The first-order valence-electron chi connectivity index (χ1n) is 8.47. The molecule has 2 aliphatic rings. The number of rotatable bonds is 3. The highest BCUT2D eigenvalue weighted by Gasteiger charge is 2.41. The highest BCUT2D eigenvalue weighted by Crippen LogP contribution is 2.34. The minimum Gasteiger partial charge on any atom is -0.366 e. The maximum Gasteiger partial charge on any atom is 0.277 e. The molecule has 4 heteroatoms. The summed E-state index contributed by atoms with van der Waals surface area (Å²) < 4.78 is 0. The van der Waals surface area contributed by atoms with Gasteiger partial charge < -0.3 is 4.90 Å². The van der Waals surface area contributed by atoms with Gasteiger partial charge >= 0.3 is 0 Å². The van der Waals surface area contributed by atoms with Gasteiger partial charge in [0.05, 0.1) is 5.57 Å². The third-order valence-electron chi connectivity index (χ3n) is 4.78. The highest BCUT2D eigenvalue weighted by atomic mass is 16.2. The van der Waals surface area contributed by atoms with Crippen LogP contribution in [-0.4, -0.2) is 41.2 Å². The molecule has 1 fully saturated rings. The highest BCUT2D eigenvalue weighted by molar-refractivity contribution is 6.35. The first-order chi connectivity index (χ1) is 11.0. The average molecular weight is 312 g/mol. The zero-order chi connectivity index (χ0) is 16.6. The van der Waals surface area contributed by atoms with Crippen LogP contribution in [0.25, 0.3) is 5.57 Å². The van der Waals surface area contributed by atoms with Crippen molar-refractivity contribution >= 4 is 17.4 Å². The van der Waals surface area contributed by atoms with Crippen molar-refractivity contribution in [3.05, 3.63) is 40.6 Å². The molecule has 122 valence electrons. The molecule has 0 unspecified atom stereocenters. The van der Waals surface area contributed by atoms with Gasteiger partial charge in [0.1, 0.15) is 5.70 Å². The number of hydrogen-bond acceptors (Lipinski definition) is 3. The largest absolute Gasteiger partial charge is 0.366 e. The third kappa shape index (κ3) is 2.67. The Morgan fingerprint density at radius 2 is 1.70 bits per heavy atom. The monoisotopic (exact) mass is 312 g/mol. The Labute approximate surface area is 137 Å². The predicted molar refractivity (Wildman–Crippen MR) is 90.7 cm³/mol. The van der Waals surface area contributed by atoms with Crippen LogP contribution in [0, 0.1) is 13.8 Å². The molecule has 0 atom stereocenters. The molecule has 23 heavy (non-hydrogen) atoms. The maximum atomic E-state index is 12.9. The molecule has 0 N–H and O–H groups in total. The molecule has 2 amide bonds. The second-order valence-electron chi connectivity index (χ2n) is 6.44. The van der Waals surface area contributed by atoms with Crippen LogP contribution in [0.5, 0.6) is 0 Å². The van der Waals surface area contributed by atoms with Crippen LogP contribution in [0.4, 0.5) is 0 Å². The normalized spacial score (nSPS) is 19.1. The van der Waals surface area contributed by atoms with Crippen molar-refractivity contribution in [2.75, 3.05) is 19.6 Å². The van der Waals surface area contributed by atoms with E-state index in [2.05, 4.69) is 11.0 Å². The molecule has 2 aliphatic heterocycles. The lowest BCUT2D eigenvalue weighted by Gasteiger charge is -2.29. The lowest BCUT2D eigenvalue weighted by molar-refractivity contribution is -0.137. The molecule has 0 saturated carbocycles. The Balaban J connectivity index is 2.14. The van der Waals surface area contributed by atoms with Gasteiger partial charge in [-0.05, 0) is 51.2 Å². The number of likely N-dealkylation sites (N-methyl/N-ethyl adjacent to an activating group) is 1. The first kappa shape index (κ1) is 15.8. The van der Waals surface area contributed by atoms with Gasteiger partial charge in [-0.15, -0.1) is 0 Å². The first-order valence-corrected chi connectivity index (χ1v) is 8.47. The van der Waals surface area contributed by atoms with E-state index in [0.717, 1.165) is 42.6 Å². The predicted octanol–water partition coefficient (Wildman–Crippen LogP) is 2.89. The molecule has 0 spiro atoms. The van der Waals surface area contributed by atoms with Crippen molar-refractivity contribution in [1.29, 1.82) is 0 Å². The summed E-state index contributed by atoms with van der Waals surface area (Å²) in [6, 6.07) is 6.06. The fourth-order valence-corrected chi connectivity index (χ4v) is 3.60. The number of carbonyl (C=O) groups is 2. The lowest BCUT2D eigenvalue weighted by atomic mass is 9.97. The zero-order valence-corrected chi connectivity index (χ0v) is 14.2. The van der Waals surface area contributed by atoms with Gasteiger partial charge in [0.15, 0.2) is 0 Å². The van der Waals surface area contributed by atoms with Crippen molar-refractivity contribution in [2.45, 2.75) is 40.0 Å². The molecule has 1 saturated heterocycles. The van der Waals surface area contributed by atoms with E-state index < -0.39 is 0 Å². The number of benzene rings is 1. The molecule has 0 aliphatic carbocycles. The van der Waals surface area contributed by atoms with Crippen LogP contribution in [-0.2, 0) is 9.59 Å². The summed E-state index contributed by atoms with van der Waals surface area (Å²) in [4.78, 5) is 29.2. The van der Waals surface area contributed by atoms with Gasteiger partial charge in [0.2, 0.25) is 0 Å². The average Bonchev–Trinajstić information content (AvgIpc) is 2.79. The molecular weight excluding hydrogens is 288 g/mol. The number of amides is 2. The van der Waals surface area contributed by atoms with Gasteiger partial charge in [-0.3, -0.25) is 14.5 Å². The van der Waals surface area contributed by atoms with E-state index in [9.17, 15) is 9.59 Å². The molecule has 0 bridgehead atoms. The Morgan fingerprint density at radius 3 is 2.30 bits per heavy atom. The van der Waals surface area contributed by atoms with E-state index in [1.165, 1.54) is 11.3 Å². The SMILES string of the molecule is CCN1C(=O)C(c2ccc(C)cc2C)=C(N2CCCCC2)C1=O. The van der Waals surface area contributed by atoms with Gasteiger partial charge in [-0.25, -0.2) is 0 Å². The minimum absolute atomic E-state index is 0.130. The summed E-state index contributed by atoms with van der Waals surface area (Å²) in [5.74, 6) is -0.278. The minimum atomic E-state index is -0.148. The Morgan fingerprint density at radius 1 is 1.00 bits per heavy atom.